The van der Waals surface area contributed by atoms with Gasteiger partial charge in [-0.25, -0.2) is 18.4 Å². The van der Waals surface area contributed by atoms with Crippen LogP contribution in [0.15, 0.2) is 42.6 Å². The van der Waals surface area contributed by atoms with Gasteiger partial charge >= 0.3 is 12.1 Å². The van der Waals surface area contributed by atoms with Gasteiger partial charge in [-0.15, -0.1) is 0 Å². The Morgan fingerprint density at radius 3 is 2.19 bits per heavy atom. The summed E-state index contributed by atoms with van der Waals surface area (Å²) in [5.74, 6) is -0.213. The fourth-order valence-electron chi connectivity index (χ4n) is 6.02. The molecule has 2 heterocycles. The van der Waals surface area contributed by atoms with Gasteiger partial charge in [0.15, 0.2) is 0 Å². The number of fused-ring (bicyclic) bond motifs is 1. The highest BCUT2D eigenvalue weighted by atomic mass is 19.3. The Hall–Kier alpha value is -3.26. The maximum atomic E-state index is 13.4. The zero-order chi connectivity index (χ0) is 31.0. The average Bonchev–Trinajstić information content (AvgIpc) is 3.31. The van der Waals surface area contributed by atoms with E-state index in [4.69, 9.17) is 9.47 Å². The summed E-state index contributed by atoms with van der Waals surface area (Å²) in [5, 5.41) is 1.01. The van der Waals surface area contributed by atoms with E-state index >= 15 is 0 Å². The normalized spacial score (nSPS) is 18.5. The zero-order valence-corrected chi connectivity index (χ0v) is 26.1. The Bertz CT molecular complexity index is 1430. The van der Waals surface area contributed by atoms with Crippen molar-refractivity contribution in [2.45, 2.75) is 91.8 Å². The van der Waals surface area contributed by atoms with Crippen molar-refractivity contribution in [1.29, 1.82) is 0 Å². The molecule has 4 rings (SSSR count). The number of rotatable bonds is 6. The Morgan fingerprint density at radius 2 is 1.60 bits per heavy atom. The van der Waals surface area contributed by atoms with Crippen molar-refractivity contribution in [2.24, 2.45) is 5.92 Å². The molecule has 42 heavy (non-hydrogen) atoms. The minimum atomic E-state index is -2.40. The molecule has 1 saturated heterocycles. The summed E-state index contributed by atoms with van der Waals surface area (Å²) < 4.78 is 39.5. The van der Waals surface area contributed by atoms with Crippen molar-refractivity contribution in [3.05, 3.63) is 70.4 Å². The molecule has 3 aromatic rings. The van der Waals surface area contributed by atoms with Crippen LogP contribution in [0, 0.1) is 19.8 Å². The van der Waals surface area contributed by atoms with Gasteiger partial charge in [-0.2, -0.15) is 0 Å². The number of carbonyl (C=O) groups is 2. The van der Waals surface area contributed by atoms with Crippen LogP contribution in [0.4, 0.5) is 13.6 Å². The van der Waals surface area contributed by atoms with Gasteiger partial charge in [0.05, 0.1) is 17.6 Å². The van der Waals surface area contributed by atoms with E-state index in [9.17, 15) is 18.4 Å². The second-order valence-corrected chi connectivity index (χ2v) is 13.6. The number of benzene rings is 2. The first-order valence-corrected chi connectivity index (χ1v) is 14.7. The Labute approximate surface area is 248 Å². The predicted molar refractivity (Wildman–Crippen MR) is 162 cm³/mol. The lowest BCUT2D eigenvalue weighted by atomic mass is 9.76. The Kier molecular flexibility index (Phi) is 9.17. The molecule has 2 aromatic carbocycles. The molecule has 1 fully saturated rings. The number of likely N-dealkylation sites (tertiary alicyclic amines) is 1. The number of halogens is 2. The summed E-state index contributed by atoms with van der Waals surface area (Å²) in [6.45, 7) is 16.0. The molecule has 0 saturated carbocycles. The van der Waals surface area contributed by atoms with Gasteiger partial charge in [0.1, 0.15) is 11.2 Å². The predicted octanol–water partition coefficient (Wildman–Crippen LogP) is 7.91. The van der Waals surface area contributed by atoms with E-state index in [2.05, 4.69) is 13.0 Å². The second kappa shape index (κ2) is 12.2. The molecule has 2 atom stereocenters. The molecule has 0 N–H and O–H groups in total. The van der Waals surface area contributed by atoms with Crippen LogP contribution < -0.4 is 0 Å². The molecule has 0 spiro atoms. The van der Waals surface area contributed by atoms with Crippen molar-refractivity contribution >= 4 is 23.0 Å². The third-order valence-electron chi connectivity index (χ3n) is 7.76. The summed E-state index contributed by atoms with van der Waals surface area (Å²) in [5.41, 5.74) is 4.37. The Balaban J connectivity index is 1.67. The molecule has 0 amide bonds. The standard InChI is InChI=1S/C34H44F2N2O4/c1-21-17-22(2)30-26(14-16-38(30)32(40)42-34(6,7)8)27(21)18-25-13-15-37(20-29(35)36)19-28(25)23-9-11-24(12-10-23)31(39)41-33(3,4)5/h9-12,14,16-17,25,28-29H,13,15,18-20H2,1-8H3/t25-,28-/m0/s1. The van der Waals surface area contributed by atoms with E-state index in [0.717, 1.165) is 46.0 Å². The number of alkyl halides is 2. The second-order valence-electron chi connectivity index (χ2n) is 13.6. The summed E-state index contributed by atoms with van der Waals surface area (Å²) in [4.78, 5) is 27.5. The van der Waals surface area contributed by atoms with Crippen LogP contribution in [0.2, 0.25) is 0 Å². The Morgan fingerprint density at radius 1 is 0.952 bits per heavy atom. The van der Waals surface area contributed by atoms with Crippen LogP contribution in [0.5, 0.6) is 0 Å². The fourth-order valence-corrected chi connectivity index (χ4v) is 6.02. The molecular weight excluding hydrogens is 538 g/mol. The number of nitrogens with zero attached hydrogens (tertiary/aromatic N) is 2. The monoisotopic (exact) mass is 582 g/mol. The van der Waals surface area contributed by atoms with E-state index in [0.29, 0.717) is 18.7 Å². The van der Waals surface area contributed by atoms with Crippen LogP contribution in [-0.4, -0.2) is 58.8 Å². The lowest BCUT2D eigenvalue weighted by Crippen LogP contribution is -2.42. The SMILES string of the molecule is Cc1cc(C)c2c(ccn2C(=O)OC(C)(C)C)c1C[C@@H]1CCN(CC(F)F)C[C@H]1c1ccc(C(=O)OC(C)(C)C)cc1. The first kappa shape index (κ1) is 31.7. The van der Waals surface area contributed by atoms with Crippen LogP contribution in [0.25, 0.3) is 10.9 Å². The third-order valence-corrected chi connectivity index (χ3v) is 7.76. The molecule has 0 aliphatic carbocycles. The minimum absolute atomic E-state index is 0.00567. The molecule has 1 aliphatic heterocycles. The molecular formula is C34H44F2N2O4. The highest BCUT2D eigenvalue weighted by Crippen LogP contribution is 2.38. The number of aryl methyl sites for hydroxylation is 2. The zero-order valence-electron chi connectivity index (χ0n) is 26.1. The van der Waals surface area contributed by atoms with E-state index in [1.807, 2.05) is 71.6 Å². The van der Waals surface area contributed by atoms with Crippen molar-refractivity contribution in [3.8, 4) is 0 Å². The first-order valence-electron chi connectivity index (χ1n) is 14.7. The lowest BCUT2D eigenvalue weighted by Gasteiger charge is -2.39. The highest BCUT2D eigenvalue weighted by molar-refractivity contribution is 5.94. The third kappa shape index (κ3) is 7.57. The molecule has 6 nitrogen and oxygen atoms in total. The van der Waals surface area contributed by atoms with E-state index < -0.39 is 23.7 Å². The van der Waals surface area contributed by atoms with Crippen molar-refractivity contribution in [2.75, 3.05) is 19.6 Å². The van der Waals surface area contributed by atoms with Gasteiger partial charge in [0, 0.05) is 18.1 Å². The average molecular weight is 583 g/mol. The fraction of sp³-hybridized carbons (Fsp3) is 0.529. The minimum Gasteiger partial charge on any atom is -0.456 e. The summed E-state index contributed by atoms with van der Waals surface area (Å²) in [7, 11) is 0. The lowest BCUT2D eigenvalue weighted by molar-refractivity contribution is 0.00690. The van der Waals surface area contributed by atoms with Crippen LogP contribution >= 0.6 is 0 Å². The van der Waals surface area contributed by atoms with Crippen molar-refractivity contribution in [1.82, 2.24) is 9.47 Å². The summed E-state index contributed by atoms with van der Waals surface area (Å²) >= 11 is 0. The molecule has 228 valence electrons. The van der Waals surface area contributed by atoms with Crippen LogP contribution in [0.3, 0.4) is 0 Å². The molecule has 1 aromatic heterocycles. The number of carbonyl (C=O) groups excluding carboxylic acids is 2. The van der Waals surface area contributed by atoms with Gasteiger partial charge in [0.25, 0.3) is 6.43 Å². The van der Waals surface area contributed by atoms with E-state index in [-0.39, 0.29) is 24.3 Å². The topological polar surface area (TPSA) is 60.8 Å². The van der Waals surface area contributed by atoms with Gasteiger partial charge in [-0.05, 0) is 127 Å². The maximum absolute atomic E-state index is 13.4. The largest absolute Gasteiger partial charge is 0.456 e. The van der Waals surface area contributed by atoms with Crippen LogP contribution in [-0.2, 0) is 15.9 Å². The highest BCUT2D eigenvalue weighted by Gasteiger charge is 2.33. The quantitative estimate of drug-likeness (QED) is 0.277. The van der Waals surface area contributed by atoms with Crippen LogP contribution in [0.1, 0.15) is 86.5 Å². The van der Waals surface area contributed by atoms with E-state index in [1.165, 1.54) is 0 Å². The molecule has 0 unspecified atom stereocenters. The first-order chi connectivity index (χ1) is 19.5. The summed E-state index contributed by atoms with van der Waals surface area (Å²) in [6.07, 6.45) is 0.448. The number of ether oxygens (including phenoxy) is 2. The van der Waals surface area contributed by atoms with E-state index in [1.54, 1.807) is 22.9 Å². The van der Waals surface area contributed by atoms with Gasteiger partial charge in [-0.3, -0.25) is 9.47 Å². The number of esters is 1. The van der Waals surface area contributed by atoms with Crippen molar-refractivity contribution < 1.29 is 27.8 Å². The summed E-state index contributed by atoms with van der Waals surface area (Å²) in [6, 6.07) is 11.5. The molecule has 1 aliphatic rings. The number of hydrogen-bond acceptors (Lipinski definition) is 5. The number of hydrogen-bond donors (Lipinski definition) is 0. The number of piperidine rings is 1. The molecule has 0 radical (unpaired) electrons. The van der Waals surface area contributed by atoms with Gasteiger partial charge in [-0.1, -0.05) is 18.2 Å². The molecule has 8 heteroatoms. The van der Waals surface area contributed by atoms with Gasteiger partial charge in [0.2, 0.25) is 0 Å². The smallest absolute Gasteiger partial charge is 0.418 e. The van der Waals surface area contributed by atoms with Gasteiger partial charge < -0.3 is 9.47 Å². The maximum Gasteiger partial charge on any atom is 0.418 e. The van der Waals surface area contributed by atoms with Crippen molar-refractivity contribution in [3.63, 3.8) is 0 Å². The number of aromatic nitrogens is 1. The molecule has 0 bridgehead atoms.